The van der Waals surface area contributed by atoms with E-state index in [0.717, 1.165) is 6.07 Å². The molecule has 1 unspecified atom stereocenters. The molecule has 1 aliphatic rings. The van der Waals surface area contributed by atoms with E-state index in [1.807, 2.05) is 0 Å². The first-order chi connectivity index (χ1) is 10.8. The molecule has 1 aliphatic heterocycles. The summed E-state index contributed by atoms with van der Waals surface area (Å²) in [4.78, 5) is 9.40. The number of fused-ring (bicyclic) bond motifs is 1. The van der Waals surface area contributed by atoms with Crippen molar-refractivity contribution in [2.45, 2.75) is 12.5 Å². The molecule has 0 spiro atoms. The number of halogens is 4. The van der Waals surface area contributed by atoms with Crippen molar-refractivity contribution in [3.05, 3.63) is 39.9 Å². The maximum Gasteiger partial charge on any atom is 0.225 e. The molecular formula is C14H11BrClF2N3O2. The van der Waals surface area contributed by atoms with E-state index in [2.05, 4.69) is 25.9 Å². The third kappa shape index (κ3) is 3.11. The zero-order chi connectivity index (χ0) is 16.8. The van der Waals surface area contributed by atoms with Crippen molar-refractivity contribution in [2.24, 2.45) is 0 Å². The van der Waals surface area contributed by atoms with Crippen molar-refractivity contribution in [1.29, 1.82) is 0 Å². The van der Waals surface area contributed by atoms with Gasteiger partial charge in [-0.3, -0.25) is 0 Å². The molecule has 1 aromatic heterocycles. The summed E-state index contributed by atoms with van der Waals surface area (Å²) in [6.45, 7) is 1.76. The van der Waals surface area contributed by atoms with Crippen LogP contribution in [0.5, 0.6) is 0 Å². The fourth-order valence-corrected chi connectivity index (χ4v) is 2.77. The lowest BCUT2D eigenvalue weighted by Crippen LogP contribution is -2.40. The highest BCUT2D eigenvalue weighted by Gasteiger charge is 2.29. The van der Waals surface area contributed by atoms with Gasteiger partial charge in [0, 0.05) is 11.6 Å². The van der Waals surface area contributed by atoms with Crippen LogP contribution in [0.3, 0.4) is 0 Å². The van der Waals surface area contributed by atoms with Gasteiger partial charge in [-0.05, 0) is 40.5 Å². The van der Waals surface area contributed by atoms with Gasteiger partial charge in [0.2, 0.25) is 5.28 Å². The normalized spacial score (nSPS) is 21.4. The summed E-state index contributed by atoms with van der Waals surface area (Å²) < 4.78 is 33.0. The zero-order valence-corrected chi connectivity index (χ0v) is 14.2. The summed E-state index contributed by atoms with van der Waals surface area (Å²) >= 11 is 8.71. The van der Waals surface area contributed by atoms with Gasteiger partial charge in [0.15, 0.2) is 5.82 Å². The quantitative estimate of drug-likeness (QED) is 0.581. The van der Waals surface area contributed by atoms with Gasteiger partial charge in [0.25, 0.3) is 0 Å². The molecule has 1 atom stereocenters. The fraction of sp³-hybridized carbons (Fsp3) is 0.286. The van der Waals surface area contributed by atoms with Crippen molar-refractivity contribution in [2.75, 3.05) is 18.1 Å². The third-order valence-electron chi connectivity index (χ3n) is 3.29. The smallest absolute Gasteiger partial charge is 0.225 e. The number of hydrogen-bond donors (Lipinski definition) is 1. The van der Waals surface area contributed by atoms with E-state index in [4.69, 9.17) is 16.3 Å². The lowest BCUT2D eigenvalue weighted by molar-refractivity contribution is 0.00800. The van der Waals surface area contributed by atoms with Crippen LogP contribution in [0.2, 0.25) is 5.28 Å². The second-order valence-electron chi connectivity index (χ2n) is 5.42. The van der Waals surface area contributed by atoms with E-state index in [1.165, 1.54) is 17.4 Å². The number of ether oxygens (including phenoxy) is 1. The first-order valence-electron chi connectivity index (χ1n) is 6.56. The molecule has 1 N–H and O–H groups in total. The molecule has 5 nitrogen and oxygen atoms in total. The van der Waals surface area contributed by atoms with Gasteiger partial charge in [0.1, 0.15) is 29.4 Å². The fourth-order valence-electron chi connectivity index (χ4n) is 2.30. The minimum atomic E-state index is -1.18. The Kier molecular flexibility index (Phi) is 4.16. The van der Waals surface area contributed by atoms with E-state index in [0.29, 0.717) is 0 Å². The Morgan fingerprint density at radius 3 is 2.91 bits per heavy atom. The summed E-state index contributed by atoms with van der Waals surface area (Å²) in [5.41, 5.74) is -1.30. The number of rotatable bonds is 1. The Bertz CT molecular complexity index is 816. The predicted molar refractivity (Wildman–Crippen MR) is 85.2 cm³/mol. The van der Waals surface area contributed by atoms with Crippen LogP contribution in [0, 0.1) is 11.6 Å². The Morgan fingerprint density at radius 1 is 1.43 bits per heavy atom. The Labute approximate surface area is 143 Å². The predicted octanol–water partition coefficient (Wildman–Crippen LogP) is 3.38. The molecule has 122 valence electrons. The highest BCUT2D eigenvalue weighted by atomic mass is 79.9. The van der Waals surface area contributed by atoms with E-state index < -0.39 is 17.2 Å². The van der Waals surface area contributed by atoms with Gasteiger partial charge < -0.3 is 14.7 Å². The average Bonchev–Trinajstić information content (AvgIpc) is 2.66. The number of aliphatic hydroxyl groups is 1. The Morgan fingerprint density at radius 2 is 2.17 bits per heavy atom. The standard InChI is InChI=1S/C14H11BrClF2N3O2/c1-14(22)5-21(2-3-23-6-14)12-7-4-8(17)9(15)10(18)11(7)19-13(16)20-12/h2-4,22H,5-6H2,1H3. The van der Waals surface area contributed by atoms with E-state index in [-0.39, 0.29) is 39.6 Å². The third-order valence-corrected chi connectivity index (χ3v) is 4.19. The monoisotopic (exact) mass is 405 g/mol. The number of anilines is 1. The molecule has 0 aliphatic carbocycles. The molecule has 0 saturated carbocycles. The maximum absolute atomic E-state index is 14.3. The molecule has 2 aromatic rings. The van der Waals surface area contributed by atoms with Gasteiger partial charge in [0.05, 0.1) is 17.3 Å². The summed E-state index contributed by atoms with van der Waals surface area (Å²) in [6.07, 6.45) is 2.88. The number of benzene rings is 1. The molecule has 0 saturated heterocycles. The second-order valence-corrected chi connectivity index (χ2v) is 6.55. The van der Waals surface area contributed by atoms with Gasteiger partial charge in [-0.2, -0.15) is 4.98 Å². The molecule has 1 aromatic carbocycles. The highest BCUT2D eigenvalue weighted by Crippen LogP contribution is 2.33. The topological polar surface area (TPSA) is 58.5 Å². The van der Waals surface area contributed by atoms with E-state index in [1.54, 1.807) is 6.92 Å². The van der Waals surface area contributed by atoms with Crippen LogP contribution in [0.15, 0.2) is 23.0 Å². The van der Waals surface area contributed by atoms with E-state index in [9.17, 15) is 13.9 Å². The number of aromatic nitrogens is 2. The lowest BCUT2D eigenvalue weighted by atomic mass is 10.1. The van der Waals surface area contributed by atoms with Crippen LogP contribution in [0.25, 0.3) is 10.9 Å². The molecule has 0 bridgehead atoms. The first-order valence-corrected chi connectivity index (χ1v) is 7.74. The summed E-state index contributed by atoms with van der Waals surface area (Å²) in [5.74, 6) is -1.48. The summed E-state index contributed by atoms with van der Waals surface area (Å²) in [6, 6.07) is 1.11. The van der Waals surface area contributed by atoms with Crippen molar-refractivity contribution in [3.63, 3.8) is 0 Å². The number of nitrogens with zero attached hydrogens (tertiary/aromatic N) is 3. The summed E-state index contributed by atoms with van der Waals surface area (Å²) in [7, 11) is 0. The molecule has 23 heavy (non-hydrogen) atoms. The molecule has 2 heterocycles. The molecule has 0 amide bonds. The van der Waals surface area contributed by atoms with Crippen molar-refractivity contribution in [3.8, 4) is 0 Å². The molecular weight excluding hydrogens is 396 g/mol. The lowest BCUT2D eigenvalue weighted by Gasteiger charge is -2.27. The Hall–Kier alpha value is -1.51. The van der Waals surface area contributed by atoms with Crippen molar-refractivity contribution in [1.82, 2.24) is 9.97 Å². The van der Waals surface area contributed by atoms with Crippen LogP contribution < -0.4 is 4.90 Å². The number of β-amino-alcohol motifs (C(OH)–C–C–N with tert-alkyl or cyclic N) is 1. The zero-order valence-electron chi connectivity index (χ0n) is 11.9. The van der Waals surface area contributed by atoms with Crippen LogP contribution in [0.4, 0.5) is 14.6 Å². The SMILES string of the molecule is CC1(O)COC=CN(c2nc(Cl)nc3c(F)c(Br)c(F)cc23)C1. The van der Waals surface area contributed by atoms with Crippen LogP contribution in [-0.4, -0.2) is 33.8 Å². The minimum absolute atomic E-state index is 0.0744. The van der Waals surface area contributed by atoms with Gasteiger partial charge in [-0.1, -0.05) is 0 Å². The largest absolute Gasteiger partial charge is 0.497 e. The summed E-state index contributed by atoms with van der Waals surface area (Å²) in [5, 5.41) is 10.2. The van der Waals surface area contributed by atoms with E-state index >= 15 is 0 Å². The van der Waals surface area contributed by atoms with Gasteiger partial charge >= 0.3 is 0 Å². The van der Waals surface area contributed by atoms with Gasteiger partial charge in [-0.25, -0.2) is 13.8 Å². The van der Waals surface area contributed by atoms with Crippen LogP contribution >= 0.6 is 27.5 Å². The highest BCUT2D eigenvalue weighted by molar-refractivity contribution is 9.10. The average molecular weight is 407 g/mol. The Balaban J connectivity index is 2.24. The second kappa shape index (κ2) is 5.85. The van der Waals surface area contributed by atoms with Gasteiger partial charge in [-0.15, -0.1) is 0 Å². The van der Waals surface area contributed by atoms with Crippen molar-refractivity contribution >= 4 is 44.3 Å². The maximum atomic E-state index is 14.3. The molecule has 0 radical (unpaired) electrons. The van der Waals surface area contributed by atoms with Crippen LogP contribution in [0.1, 0.15) is 6.92 Å². The first kappa shape index (κ1) is 16.4. The molecule has 9 heteroatoms. The molecule has 3 rings (SSSR count). The number of hydrogen-bond acceptors (Lipinski definition) is 5. The molecule has 0 fully saturated rings. The van der Waals surface area contributed by atoms with Crippen LogP contribution in [-0.2, 0) is 4.74 Å². The minimum Gasteiger partial charge on any atom is -0.497 e. The van der Waals surface area contributed by atoms with Crippen molar-refractivity contribution < 1.29 is 18.6 Å².